The van der Waals surface area contributed by atoms with Gasteiger partial charge in [0.15, 0.2) is 0 Å². The van der Waals surface area contributed by atoms with Gasteiger partial charge >= 0.3 is 0 Å². The summed E-state index contributed by atoms with van der Waals surface area (Å²) in [6.07, 6.45) is 0.554. The molecule has 0 unspecified atom stereocenters. The van der Waals surface area contributed by atoms with Crippen LogP contribution in [0.5, 0.6) is 0 Å². The number of hydrogen-bond donors (Lipinski definition) is 1. The van der Waals surface area contributed by atoms with Gasteiger partial charge in [0.1, 0.15) is 6.61 Å². The van der Waals surface area contributed by atoms with Gasteiger partial charge in [0, 0.05) is 31.1 Å². The van der Waals surface area contributed by atoms with Crippen molar-refractivity contribution in [3.05, 3.63) is 35.4 Å². The van der Waals surface area contributed by atoms with Gasteiger partial charge in [-0.2, -0.15) is 5.26 Å². The Morgan fingerprint density at radius 2 is 1.95 bits per heavy atom. The summed E-state index contributed by atoms with van der Waals surface area (Å²) in [6.45, 7) is 5.79. The maximum atomic E-state index is 8.67. The van der Waals surface area contributed by atoms with Gasteiger partial charge in [0.05, 0.1) is 6.07 Å². The van der Waals surface area contributed by atoms with Crippen molar-refractivity contribution in [1.82, 2.24) is 4.90 Å². The molecule has 0 aliphatic carbocycles. The molecule has 1 rings (SSSR count). The Kier molecular flexibility index (Phi) is 6.68. The monoisotopic (exact) mass is 256 g/mol. The summed E-state index contributed by atoms with van der Waals surface area (Å²) in [4.78, 5) is 2.28. The maximum Gasteiger partial charge on any atom is 0.104 e. The van der Waals surface area contributed by atoms with Crippen molar-refractivity contribution in [3.63, 3.8) is 0 Å². The van der Waals surface area contributed by atoms with Gasteiger partial charge in [-0.3, -0.25) is 4.90 Å². The fourth-order valence-electron chi connectivity index (χ4n) is 1.78. The Hall–Kier alpha value is -1.81. The van der Waals surface area contributed by atoms with E-state index in [0.717, 1.165) is 18.7 Å². The van der Waals surface area contributed by atoms with Crippen LogP contribution in [0.4, 0.5) is 0 Å². The SMILES string of the molecule is CC(C)N(CCC#N)Cc1ccc(C#CCO)cc1. The number of rotatable bonds is 5. The molecule has 0 amide bonds. The fraction of sp³-hybridized carbons (Fsp3) is 0.438. The molecule has 0 saturated heterocycles. The first-order valence-corrected chi connectivity index (χ1v) is 6.47. The van der Waals surface area contributed by atoms with Crippen molar-refractivity contribution < 1.29 is 5.11 Å². The molecule has 0 aromatic heterocycles. The number of aliphatic hydroxyl groups is 1. The first-order chi connectivity index (χ1) is 9.17. The molecule has 0 fully saturated rings. The second-order valence-electron chi connectivity index (χ2n) is 4.63. The van der Waals surface area contributed by atoms with Crippen LogP contribution in [0.1, 0.15) is 31.4 Å². The summed E-state index contributed by atoms with van der Waals surface area (Å²) < 4.78 is 0. The van der Waals surface area contributed by atoms with E-state index in [1.807, 2.05) is 24.3 Å². The van der Waals surface area contributed by atoms with Crippen LogP contribution in [-0.4, -0.2) is 29.2 Å². The van der Waals surface area contributed by atoms with Gasteiger partial charge in [0.2, 0.25) is 0 Å². The predicted molar refractivity (Wildman–Crippen MR) is 76.2 cm³/mol. The fourth-order valence-corrected chi connectivity index (χ4v) is 1.78. The van der Waals surface area contributed by atoms with Crippen LogP contribution in [0.25, 0.3) is 0 Å². The van der Waals surface area contributed by atoms with E-state index in [4.69, 9.17) is 10.4 Å². The molecule has 1 aromatic carbocycles. The maximum absolute atomic E-state index is 8.67. The molecule has 0 aliphatic rings. The first kappa shape index (κ1) is 15.2. The summed E-state index contributed by atoms with van der Waals surface area (Å²) in [5, 5.41) is 17.3. The molecule has 19 heavy (non-hydrogen) atoms. The topological polar surface area (TPSA) is 47.3 Å². The predicted octanol–water partition coefficient (Wildman–Crippen LogP) is 2.15. The van der Waals surface area contributed by atoms with E-state index in [-0.39, 0.29) is 6.61 Å². The lowest BCUT2D eigenvalue weighted by Gasteiger charge is -2.25. The molecule has 1 N–H and O–H groups in total. The second-order valence-corrected chi connectivity index (χ2v) is 4.63. The zero-order chi connectivity index (χ0) is 14.1. The second kappa shape index (κ2) is 8.32. The lowest BCUT2D eigenvalue weighted by molar-refractivity contribution is 0.218. The minimum Gasteiger partial charge on any atom is -0.384 e. The Morgan fingerprint density at radius 1 is 1.26 bits per heavy atom. The zero-order valence-corrected chi connectivity index (χ0v) is 11.6. The van der Waals surface area contributed by atoms with Crippen LogP contribution in [0.3, 0.4) is 0 Å². The van der Waals surface area contributed by atoms with E-state index >= 15 is 0 Å². The van der Waals surface area contributed by atoms with Gasteiger partial charge in [-0.15, -0.1) is 0 Å². The van der Waals surface area contributed by atoms with Crippen LogP contribution < -0.4 is 0 Å². The molecule has 0 heterocycles. The van der Waals surface area contributed by atoms with Crippen molar-refractivity contribution in [1.29, 1.82) is 5.26 Å². The van der Waals surface area contributed by atoms with Crippen molar-refractivity contribution in [2.45, 2.75) is 32.9 Å². The van der Waals surface area contributed by atoms with E-state index in [2.05, 4.69) is 36.7 Å². The molecule has 3 heteroatoms. The molecule has 0 spiro atoms. The molecule has 1 aromatic rings. The largest absolute Gasteiger partial charge is 0.384 e. The first-order valence-electron chi connectivity index (χ1n) is 6.47. The molecular weight excluding hydrogens is 236 g/mol. The molecule has 0 aliphatic heterocycles. The molecule has 100 valence electrons. The smallest absolute Gasteiger partial charge is 0.104 e. The van der Waals surface area contributed by atoms with E-state index in [9.17, 15) is 0 Å². The standard InChI is InChI=1S/C16H20N2O/c1-14(2)18(11-4-10-17)13-16-8-6-15(7-9-16)5-3-12-19/h6-9,14,19H,4,11-13H2,1-2H3. The van der Waals surface area contributed by atoms with Gasteiger partial charge in [-0.05, 0) is 31.5 Å². The summed E-state index contributed by atoms with van der Waals surface area (Å²) in [7, 11) is 0. The van der Waals surface area contributed by atoms with E-state index in [0.29, 0.717) is 12.5 Å². The van der Waals surface area contributed by atoms with Gasteiger partial charge < -0.3 is 5.11 Å². The van der Waals surface area contributed by atoms with Crippen LogP contribution in [0.2, 0.25) is 0 Å². The minimum atomic E-state index is -0.114. The number of benzene rings is 1. The molecule has 3 nitrogen and oxygen atoms in total. The normalized spacial score (nSPS) is 10.1. The van der Waals surface area contributed by atoms with Crippen molar-refractivity contribution in [3.8, 4) is 17.9 Å². The lowest BCUT2D eigenvalue weighted by Crippen LogP contribution is -2.31. The van der Waals surface area contributed by atoms with Crippen molar-refractivity contribution >= 4 is 0 Å². The van der Waals surface area contributed by atoms with Gasteiger partial charge in [0.25, 0.3) is 0 Å². The average Bonchev–Trinajstić information content (AvgIpc) is 2.42. The molecule has 0 bridgehead atoms. The quantitative estimate of drug-likeness (QED) is 0.821. The van der Waals surface area contributed by atoms with Crippen LogP contribution in [0, 0.1) is 23.2 Å². The highest BCUT2D eigenvalue weighted by atomic mass is 16.2. The lowest BCUT2D eigenvalue weighted by atomic mass is 10.1. The Bertz CT molecular complexity index is 474. The summed E-state index contributed by atoms with van der Waals surface area (Å²) in [5.41, 5.74) is 2.12. The summed E-state index contributed by atoms with van der Waals surface area (Å²) in [6, 6.07) is 10.6. The Balaban J connectivity index is 2.67. The Morgan fingerprint density at radius 3 is 2.47 bits per heavy atom. The average molecular weight is 256 g/mol. The zero-order valence-electron chi connectivity index (χ0n) is 11.6. The number of aliphatic hydroxyl groups excluding tert-OH is 1. The third kappa shape index (κ3) is 5.57. The van der Waals surface area contributed by atoms with E-state index in [1.165, 1.54) is 5.56 Å². The highest BCUT2D eigenvalue weighted by Gasteiger charge is 2.09. The minimum absolute atomic E-state index is 0.114. The van der Waals surface area contributed by atoms with Crippen molar-refractivity contribution in [2.24, 2.45) is 0 Å². The summed E-state index contributed by atoms with van der Waals surface area (Å²) in [5.74, 6) is 5.51. The highest BCUT2D eigenvalue weighted by Crippen LogP contribution is 2.10. The van der Waals surface area contributed by atoms with Crippen LogP contribution in [-0.2, 0) is 6.54 Å². The Labute approximate surface area is 115 Å². The van der Waals surface area contributed by atoms with Gasteiger partial charge in [-0.1, -0.05) is 24.0 Å². The number of nitrogens with zero attached hydrogens (tertiary/aromatic N) is 2. The van der Waals surface area contributed by atoms with E-state index in [1.54, 1.807) is 0 Å². The third-order valence-electron chi connectivity index (χ3n) is 2.89. The number of hydrogen-bond acceptors (Lipinski definition) is 3. The van der Waals surface area contributed by atoms with Gasteiger partial charge in [-0.25, -0.2) is 0 Å². The van der Waals surface area contributed by atoms with Crippen LogP contribution in [0.15, 0.2) is 24.3 Å². The molecule has 0 saturated carbocycles. The molecular formula is C16H20N2O. The van der Waals surface area contributed by atoms with E-state index < -0.39 is 0 Å². The third-order valence-corrected chi connectivity index (χ3v) is 2.89. The molecule has 0 atom stereocenters. The van der Waals surface area contributed by atoms with Crippen molar-refractivity contribution in [2.75, 3.05) is 13.2 Å². The summed E-state index contributed by atoms with van der Waals surface area (Å²) >= 11 is 0. The number of nitriles is 1. The van der Waals surface area contributed by atoms with Crippen LogP contribution >= 0.6 is 0 Å². The molecule has 0 radical (unpaired) electrons. The highest BCUT2D eigenvalue weighted by molar-refractivity contribution is 5.36.